The number of fused-ring (bicyclic) bond motifs is 1. The van der Waals surface area contributed by atoms with Crippen molar-refractivity contribution in [2.45, 2.75) is 24.5 Å². The van der Waals surface area contributed by atoms with Gasteiger partial charge in [-0.3, -0.25) is 0 Å². The molecule has 0 aromatic carbocycles. The first-order valence-electron chi connectivity index (χ1n) is 3.44. The van der Waals surface area contributed by atoms with Crippen LogP contribution in [0.1, 0.15) is 13.8 Å². The van der Waals surface area contributed by atoms with E-state index in [1.165, 1.54) is 0 Å². The highest BCUT2D eigenvalue weighted by molar-refractivity contribution is 6.33. The van der Waals surface area contributed by atoms with E-state index >= 15 is 0 Å². The molecule has 1 saturated heterocycles. The average Bonchev–Trinajstić information content (AvgIpc) is 2.33. The SMILES string of the molecule is CC1=CC2(Cl)OC2(C)C=C1Cl. The first-order valence-corrected chi connectivity index (χ1v) is 4.20. The molecule has 1 aliphatic heterocycles. The van der Waals surface area contributed by atoms with Crippen LogP contribution in [0.3, 0.4) is 0 Å². The van der Waals surface area contributed by atoms with E-state index in [2.05, 4.69) is 0 Å². The maximum absolute atomic E-state index is 6.05. The number of hydrogen-bond donors (Lipinski definition) is 0. The molecule has 3 heteroatoms. The lowest BCUT2D eigenvalue weighted by Crippen LogP contribution is -2.16. The number of epoxide rings is 1. The van der Waals surface area contributed by atoms with Gasteiger partial charge in [0.25, 0.3) is 0 Å². The molecule has 0 N–H and O–H groups in total. The first kappa shape index (κ1) is 7.66. The second kappa shape index (κ2) is 1.85. The van der Waals surface area contributed by atoms with Gasteiger partial charge in [0.15, 0.2) is 5.06 Å². The molecule has 11 heavy (non-hydrogen) atoms. The number of hydrogen-bond acceptors (Lipinski definition) is 1. The Morgan fingerprint density at radius 1 is 1.45 bits per heavy atom. The van der Waals surface area contributed by atoms with Crippen LogP contribution in [0.4, 0.5) is 0 Å². The van der Waals surface area contributed by atoms with Gasteiger partial charge in [0.1, 0.15) is 5.60 Å². The van der Waals surface area contributed by atoms with E-state index in [1.54, 1.807) is 0 Å². The zero-order chi connectivity index (χ0) is 8.28. The topological polar surface area (TPSA) is 12.5 Å². The van der Waals surface area contributed by atoms with E-state index < -0.39 is 5.06 Å². The van der Waals surface area contributed by atoms with Gasteiger partial charge in [-0.1, -0.05) is 23.2 Å². The van der Waals surface area contributed by atoms with Crippen LogP contribution in [0.15, 0.2) is 22.8 Å². The summed E-state index contributed by atoms with van der Waals surface area (Å²) in [5.41, 5.74) is 0.613. The van der Waals surface area contributed by atoms with Gasteiger partial charge in [0, 0.05) is 5.03 Å². The van der Waals surface area contributed by atoms with Gasteiger partial charge in [-0.15, -0.1) is 0 Å². The molecule has 2 unspecified atom stereocenters. The van der Waals surface area contributed by atoms with E-state index in [0.29, 0.717) is 0 Å². The van der Waals surface area contributed by atoms with Crippen LogP contribution >= 0.6 is 23.2 Å². The van der Waals surface area contributed by atoms with Gasteiger partial charge >= 0.3 is 0 Å². The Hall–Kier alpha value is 0.0200. The van der Waals surface area contributed by atoms with Gasteiger partial charge in [-0.25, -0.2) is 0 Å². The van der Waals surface area contributed by atoms with E-state index in [1.807, 2.05) is 26.0 Å². The minimum absolute atomic E-state index is 0.370. The lowest BCUT2D eigenvalue weighted by atomic mass is 9.98. The van der Waals surface area contributed by atoms with E-state index in [9.17, 15) is 0 Å². The molecule has 2 aliphatic rings. The van der Waals surface area contributed by atoms with Crippen molar-refractivity contribution in [2.24, 2.45) is 0 Å². The van der Waals surface area contributed by atoms with Gasteiger partial charge in [-0.05, 0) is 31.6 Å². The molecule has 0 bridgehead atoms. The standard InChI is InChI=1S/C8H8Cl2O/c1-5-3-8(10)7(2,11-8)4-6(5)9/h3-4H,1-2H3. The third-order valence-corrected chi connectivity index (χ3v) is 3.15. The second-order valence-corrected chi connectivity index (χ2v) is 4.14. The van der Waals surface area contributed by atoms with Crippen molar-refractivity contribution in [1.82, 2.24) is 0 Å². The molecule has 0 amide bonds. The monoisotopic (exact) mass is 190 g/mol. The molecule has 1 fully saturated rings. The highest BCUT2D eigenvalue weighted by Crippen LogP contribution is 2.57. The summed E-state index contributed by atoms with van der Waals surface area (Å²) in [6, 6.07) is 0. The van der Waals surface area contributed by atoms with Crippen molar-refractivity contribution in [1.29, 1.82) is 0 Å². The molecule has 0 radical (unpaired) electrons. The van der Waals surface area contributed by atoms with Crippen LogP contribution in [0.2, 0.25) is 0 Å². The van der Waals surface area contributed by atoms with Gasteiger partial charge in [0.2, 0.25) is 0 Å². The third kappa shape index (κ3) is 0.883. The van der Waals surface area contributed by atoms with Crippen LogP contribution < -0.4 is 0 Å². The number of allylic oxidation sites excluding steroid dienone is 2. The molecule has 0 saturated carbocycles. The van der Waals surface area contributed by atoms with E-state index in [0.717, 1.165) is 10.6 Å². The lowest BCUT2D eigenvalue weighted by molar-refractivity contribution is 0.346. The molecule has 2 rings (SSSR count). The summed E-state index contributed by atoms with van der Waals surface area (Å²) < 4.78 is 5.32. The molecule has 1 aliphatic carbocycles. The zero-order valence-electron chi connectivity index (χ0n) is 6.32. The number of rotatable bonds is 0. The van der Waals surface area contributed by atoms with Crippen LogP contribution in [0.25, 0.3) is 0 Å². The molecular formula is C8H8Cl2O. The number of ether oxygens (including phenoxy) is 1. The van der Waals surface area contributed by atoms with Crippen molar-refractivity contribution in [3.8, 4) is 0 Å². The van der Waals surface area contributed by atoms with Crippen LogP contribution in [0, 0.1) is 0 Å². The van der Waals surface area contributed by atoms with Crippen molar-refractivity contribution in [3.05, 3.63) is 22.8 Å². The molecule has 1 nitrogen and oxygen atoms in total. The summed E-state index contributed by atoms with van der Waals surface area (Å²) in [4.78, 5) is 0. The maximum Gasteiger partial charge on any atom is 0.194 e. The largest absolute Gasteiger partial charge is 0.338 e. The predicted molar refractivity (Wildman–Crippen MR) is 45.8 cm³/mol. The van der Waals surface area contributed by atoms with Crippen LogP contribution in [-0.4, -0.2) is 10.7 Å². The fourth-order valence-corrected chi connectivity index (χ4v) is 1.93. The van der Waals surface area contributed by atoms with Crippen molar-refractivity contribution in [2.75, 3.05) is 0 Å². The minimum atomic E-state index is -0.616. The fourth-order valence-electron chi connectivity index (χ4n) is 1.29. The minimum Gasteiger partial charge on any atom is -0.338 e. The molecule has 60 valence electrons. The summed E-state index contributed by atoms with van der Waals surface area (Å²) in [6.07, 6.45) is 3.72. The van der Waals surface area contributed by atoms with Gasteiger partial charge in [-0.2, -0.15) is 0 Å². The van der Waals surface area contributed by atoms with Gasteiger partial charge in [0.05, 0.1) is 0 Å². The maximum atomic E-state index is 6.05. The Balaban J connectivity index is 2.44. The molecule has 1 heterocycles. The summed E-state index contributed by atoms with van der Waals surface area (Å²) in [5.74, 6) is 0. The van der Waals surface area contributed by atoms with E-state index in [4.69, 9.17) is 27.9 Å². The predicted octanol–water partition coefficient (Wildman–Crippen LogP) is 2.79. The third-order valence-electron chi connectivity index (χ3n) is 2.18. The highest BCUT2D eigenvalue weighted by atomic mass is 35.5. The van der Waals surface area contributed by atoms with Crippen molar-refractivity contribution >= 4 is 23.2 Å². The second-order valence-electron chi connectivity index (χ2n) is 3.17. The summed E-state index contributed by atoms with van der Waals surface area (Å²) in [6.45, 7) is 3.84. The normalized spacial score (nSPS) is 47.6. The van der Waals surface area contributed by atoms with Crippen molar-refractivity contribution < 1.29 is 4.74 Å². The van der Waals surface area contributed by atoms with Crippen LogP contribution in [-0.2, 0) is 4.74 Å². The Morgan fingerprint density at radius 2 is 2.09 bits per heavy atom. The van der Waals surface area contributed by atoms with Gasteiger partial charge < -0.3 is 4.74 Å². The Labute approximate surface area is 75.6 Å². The summed E-state index contributed by atoms with van der Waals surface area (Å²) in [5, 5.41) is 0.122. The summed E-state index contributed by atoms with van der Waals surface area (Å²) >= 11 is 11.9. The summed E-state index contributed by atoms with van der Waals surface area (Å²) in [7, 11) is 0. The highest BCUT2D eigenvalue weighted by Gasteiger charge is 2.65. The number of halogens is 2. The van der Waals surface area contributed by atoms with E-state index in [-0.39, 0.29) is 5.60 Å². The Kier molecular flexibility index (Phi) is 1.28. The molecule has 0 aromatic rings. The van der Waals surface area contributed by atoms with Crippen LogP contribution in [0.5, 0.6) is 0 Å². The smallest absolute Gasteiger partial charge is 0.194 e. The Morgan fingerprint density at radius 3 is 2.64 bits per heavy atom. The first-order chi connectivity index (χ1) is 4.97. The average molecular weight is 191 g/mol. The fraction of sp³-hybridized carbons (Fsp3) is 0.500. The van der Waals surface area contributed by atoms with Crippen molar-refractivity contribution in [3.63, 3.8) is 0 Å². The molecule has 0 aromatic heterocycles. The molecule has 0 spiro atoms. The quantitative estimate of drug-likeness (QED) is 0.423. The molecular weight excluding hydrogens is 183 g/mol. The lowest BCUT2D eigenvalue weighted by Gasteiger charge is -2.11. The molecule has 2 atom stereocenters. The zero-order valence-corrected chi connectivity index (χ0v) is 7.83. The Bertz CT molecular complexity index is 254. The number of alkyl halides is 1.